The van der Waals surface area contributed by atoms with Crippen molar-refractivity contribution in [1.29, 1.82) is 0 Å². The van der Waals surface area contributed by atoms with Gasteiger partial charge in [-0.15, -0.1) is 0 Å². The average Bonchev–Trinajstić information content (AvgIpc) is 3.67. The summed E-state index contributed by atoms with van der Waals surface area (Å²) in [5.74, 6) is 0.637. The second-order valence-corrected chi connectivity index (χ2v) is 8.42. The average molecular weight is 436 g/mol. The summed E-state index contributed by atoms with van der Waals surface area (Å²) in [6, 6.07) is 16.6. The maximum absolute atomic E-state index is 12.8. The number of rotatable bonds is 8. The van der Waals surface area contributed by atoms with E-state index in [2.05, 4.69) is 10.6 Å². The number of carbonyl (C=O) groups is 3. The molecule has 32 heavy (non-hydrogen) atoms. The first-order valence-electron chi connectivity index (χ1n) is 11.3. The second kappa shape index (κ2) is 10.3. The number of anilines is 2. The zero-order chi connectivity index (χ0) is 22.3. The van der Waals surface area contributed by atoms with Gasteiger partial charge in [-0.2, -0.15) is 0 Å². The van der Waals surface area contributed by atoms with Gasteiger partial charge in [-0.1, -0.05) is 18.2 Å². The molecule has 2 aliphatic rings. The highest BCUT2D eigenvalue weighted by Crippen LogP contribution is 2.30. The van der Waals surface area contributed by atoms with Gasteiger partial charge in [0.05, 0.1) is 18.9 Å². The minimum absolute atomic E-state index is 0.00851. The Morgan fingerprint density at radius 2 is 1.47 bits per heavy atom. The fourth-order valence-corrected chi connectivity index (χ4v) is 3.82. The van der Waals surface area contributed by atoms with E-state index >= 15 is 0 Å². The van der Waals surface area contributed by atoms with E-state index in [1.807, 2.05) is 30.3 Å². The number of benzene rings is 2. The SMILES string of the molecule is O=C(Nc1ccc(NC(=O)C2CCCN(C(=O)CCOc3ccccc3)C2)cc1)C1CC1. The molecule has 1 heterocycles. The Kier molecular flexibility index (Phi) is 7.04. The first-order chi connectivity index (χ1) is 15.6. The van der Waals surface area contributed by atoms with Crippen LogP contribution < -0.4 is 15.4 Å². The largest absolute Gasteiger partial charge is 0.493 e. The van der Waals surface area contributed by atoms with E-state index in [9.17, 15) is 14.4 Å². The van der Waals surface area contributed by atoms with Crippen LogP contribution in [0.4, 0.5) is 11.4 Å². The van der Waals surface area contributed by atoms with Crippen molar-refractivity contribution in [3.63, 3.8) is 0 Å². The number of hydrogen-bond acceptors (Lipinski definition) is 4. The molecule has 168 valence electrons. The molecule has 0 spiro atoms. The van der Waals surface area contributed by atoms with Crippen molar-refractivity contribution in [3.05, 3.63) is 54.6 Å². The molecule has 4 rings (SSSR count). The summed E-state index contributed by atoms with van der Waals surface area (Å²) in [6.45, 7) is 1.41. The lowest BCUT2D eigenvalue weighted by atomic mass is 9.96. The molecule has 1 saturated carbocycles. The van der Waals surface area contributed by atoms with Crippen molar-refractivity contribution in [1.82, 2.24) is 4.90 Å². The number of para-hydroxylation sites is 1. The quantitative estimate of drug-likeness (QED) is 0.662. The number of nitrogens with zero attached hydrogens (tertiary/aromatic N) is 1. The number of likely N-dealkylation sites (tertiary alicyclic amines) is 1. The fraction of sp³-hybridized carbons (Fsp3) is 0.400. The highest BCUT2D eigenvalue weighted by atomic mass is 16.5. The Bertz CT molecular complexity index is 941. The first-order valence-corrected chi connectivity index (χ1v) is 11.3. The van der Waals surface area contributed by atoms with Crippen LogP contribution >= 0.6 is 0 Å². The highest BCUT2D eigenvalue weighted by Gasteiger charge is 2.30. The van der Waals surface area contributed by atoms with Crippen molar-refractivity contribution in [2.24, 2.45) is 11.8 Å². The lowest BCUT2D eigenvalue weighted by Gasteiger charge is -2.32. The van der Waals surface area contributed by atoms with E-state index in [0.29, 0.717) is 25.4 Å². The van der Waals surface area contributed by atoms with Gasteiger partial charge < -0.3 is 20.3 Å². The zero-order valence-corrected chi connectivity index (χ0v) is 18.1. The molecule has 0 radical (unpaired) electrons. The van der Waals surface area contributed by atoms with Gasteiger partial charge in [0.15, 0.2) is 0 Å². The van der Waals surface area contributed by atoms with Gasteiger partial charge in [-0.3, -0.25) is 14.4 Å². The van der Waals surface area contributed by atoms with Crippen LogP contribution in [-0.4, -0.2) is 42.3 Å². The van der Waals surface area contributed by atoms with E-state index in [1.54, 1.807) is 29.2 Å². The predicted molar refractivity (Wildman–Crippen MR) is 122 cm³/mol. The first kappa shape index (κ1) is 21.9. The molecule has 2 aromatic carbocycles. The molecule has 7 heteroatoms. The third-order valence-electron chi connectivity index (χ3n) is 5.84. The van der Waals surface area contributed by atoms with Gasteiger partial charge in [0.1, 0.15) is 5.75 Å². The second-order valence-electron chi connectivity index (χ2n) is 8.42. The van der Waals surface area contributed by atoms with Gasteiger partial charge in [-0.25, -0.2) is 0 Å². The molecule has 1 saturated heterocycles. The predicted octanol–water partition coefficient (Wildman–Crippen LogP) is 3.68. The van der Waals surface area contributed by atoms with Gasteiger partial charge in [0, 0.05) is 30.4 Å². The Hall–Kier alpha value is -3.35. The number of amides is 3. The van der Waals surface area contributed by atoms with Gasteiger partial charge in [0.25, 0.3) is 0 Å². The summed E-state index contributed by atoms with van der Waals surface area (Å²) < 4.78 is 5.62. The van der Waals surface area contributed by atoms with Crippen LogP contribution in [0.15, 0.2) is 54.6 Å². The maximum atomic E-state index is 12.8. The molecule has 2 fully saturated rings. The van der Waals surface area contributed by atoms with Crippen LogP contribution in [0.25, 0.3) is 0 Å². The van der Waals surface area contributed by atoms with Crippen LogP contribution in [0, 0.1) is 11.8 Å². The molecule has 7 nitrogen and oxygen atoms in total. The molecule has 3 amide bonds. The molecule has 0 bridgehead atoms. The molecule has 2 N–H and O–H groups in total. The van der Waals surface area contributed by atoms with Crippen molar-refractivity contribution in [2.45, 2.75) is 32.1 Å². The summed E-state index contributed by atoms with van der Waals surface area (Å²) in [6.07, 6.45) is 3.76. The van der Waals surface area contributed by atoms with Crippen molar-refractivity contribution in [2.75, 3.05) is 30.3 Å². The fourth-order valence-electron chi connectivity index (χ4n) is 3.82. The smallest absolute Gasteiger partial charge is 0.229 e. The lowest BCUT2D eigenvalue weighted by molar-refractivity contribution is -0.135. The third-order valence-corrected chi connectivity index (χ3v) is 5.84. The zero-order valence-electron chi connectivity index (χ0n) is 18.1. The highest BCUT2D eigenvalue weighted by molar-refractivity contribution is 5.95. The Morgan fingerprint density at radius 3 is 2.09 bits per heavy atom. The standard InChI is InChI=1S/C25H29N3O4/c29-23(14-16-32-22-6-2-1-3-7-22)28-15-4-5-19(17-28)25(31)27-21-12-10-20(11-13-21)26-24(30)18-8-9-18/h1-3,6-7,10-13,18-19H,4-5,8-9,14-17H2,(H,26,30)(H,27,31). The minimum atomic E-state index is -0.239. The lowest BCUT2D eigenvalue weighted by Crippen LogP contribution is -2.44. The van der Waals surface area contributed by atoms with E-state index in [1.165, 1.54) is 0 Å². The number of piperidine rings is 1. The van der Waals surface area contributed by atoms with E-state index < -0.39 is 0 Å². The van der Waals surface area contributed by atoms with Crippen molar-refractivity contribution in [3.8, 4) is 5.75 Å². The Balaban J connectivity index is 1.23. The van der Waals surface area contributed by atoms with Gasteiger partial charge in [0.2, 0.25) is 17.7 Å². The molecule has 0 aromatic heterocycles. The molecule has 1 aliphatic heterocycles. The Labute approximate surface area is 188 Å². The van der Waals surface area contributed by atoms with Crippen molar-refractivity contribution >= 4 is 29.1 Å². The van der Waals surface area contributed by atoms with E-state index in [-0.39, 0.29) is 36.0 Å². The van der Waals surface area contributed by atoms with Crippen LogP contribution in [0.2, 0.25) is 0 Å². The maximum Gasteiger partial charge on any atom is 0.229 e. The molecule has 1 unspecified atom stereocenters. The topological polar surface area (TPSA) is 87.7 Å². The summed E-state index contributed by atoms with van der Waals surface area (Å²) in [5, 5.41) is 5.82. The molecular weight excluding hydrogens is 406 g/mol. The van der Waals surface area contributed by atoms with Crippen LogP contribution in [0.5, 0.6) is 5.75 Å². The summed E-state index contributed by atoms with van der Waals surface area (Å²) in [5.41, 5.74) is 1.41. The van der Waals surface area contributed by atoms with E-state index in [4.69, 9.17) is 4.74 Å². The molecule has 1 atom stereocenters. The summed E-state index contributed by atoms with van der Waals surface area (Å²) in [4.78, 5) is 38.9. The monoisotopic (exact) mass is 435 g/mol. The molecular formula is C25H29N3O4. The van der Waals surface area contributed by atoms with Crippen LogP contribution in [-0.2, 0) is 14.4 Å². The third kappa shape index (κ3) is 6.09. The van der Waals surface area contributed by atoms with Crippen molar-refractivity contribution < 1.29 is 19.1 Å². The number of ether oxygens (including phenoxy) is 1. The van der Waals surface area contributed by atoms with E-state index in [0.717, 1.165) is 37.1 Å². The number of carbonyl (C=O) groups excluding carboxylic acids is 3. The normalized spacial score (nSPS) is 18.0. The molecule has 2 aromatic rings. The summed E-state index contributed by atoms with van der Waals surface area (Å²) >= 11 is 0. The number of nitrogens with one attached hydrogen (secondary N) is 2. The van der Waals surface area contributed by atoms with Crippen LogP contribution in [0.1, 0.15) is 32.1 Å². The summed E-state index contributed by atoms with van der Waals surface area (Å²) in [7, 11) is 0. The van der Waals surface area contributed by atoms with Crippen LogP contribution in [0.3, 0.4) is 0 Å². The molecule has 1 aliphatic carbocycles. The minimum Gasteiger partial charge on any atom is -0.493 e. The Morgan fingerprint density at radius 1 is 0.844 bits per heavy atom. The van der Waals surface area contributed by atoms with Gasteiger partial charge >= 0.3 is 0 Å². The van der Waals surface area contributed by atoms with Gasteiger partial charge in [-0.05, 0) is 62.1 Å². The number of hydrogen-bond donors (Lipinski definition) is 2.